The highest BCUT2D eigenvalue weighted by atomic mass is 16.6. The standard InChI is InChI=1S/C13H17N5O4/c1-14-11(19)5-3-2-4-8-15-9-6-7-10(18(20)21)13-12(9)16-22-17-13/h6-7,15H,2-5,8H2,1H3,(H,14,19). The lowest BCUT2D eigenvalue weighted by atomic mass is 10.2. The monoisotopic (exact) mass is 307 g/mol. The summed E-state index contributed by atoms with van der Waals surface area (Å²) in [5.41, 5.74) is 0.995. The summed E-state index contributed by atoms with van der Waals surface area (Å²) in [4.78, 5) is 21.4. The Bertz CT molecular complexity index is 669. The molecule has 2 rings (SSSR count). The van der Waals surface area contributed by atoms with Crippen molar-refractivity contribution in [3.05, 3.63) is 22.2 Å². The molecule has 1 aromatic carbocycles. The minimum absolute atomic E-state index is 0.0405. The van der Waals surface area contributed by atoms with Crippen LogP contribution in [0.4, 0.5) is 11.4 Å². The van der Waals surface area contributed by atoms with E-state index in [0.29, 0.717) is 24.2 Å². The highest BCUT2D eigenvalue weighted by molar-refractivity contribution is 5.93. The van der Waals surface area contributed by atoms with Crippen LogP contribution in [-0.4, -0.2) is 34.7 Å². The van der Waals surface area contributed by atoms with Crippen LogP contribution < -0.4 is 10.6 Å². The van der Waals surface area contributed by atoms with E-state index in [1.807, 2.05) is 0 Å². The van der Waals surface area contributed by atoms with Gasteiger partial charge in [0.15, 0.2) is 5.52 Å². The first-order valence-corrected chi connectivity index (χ1v) is 6.97. The van der Waals surface area contributed by atoms with Gasteiger partial charge >= 0.3 is 5.69 Å². The average molecular weight is 307 g/mol. The number of nitro groups is 1. The molecule has 0 aliphatic heterocycles. The summed E-state index contributed by atoms with van der Waals surface area (Å²) in [6, 6.07) is 2.97. The Balaban J connectivity index is 1.88. The molecule has 0 aliphatic carbocycles. The summed E-state index contributed by atoms with van der Waals surface area (Å²) in [7, 11) is 1.62. The maximum Gasteiger partial charge on any atom is 0.300 e. The van der Waals surface area contributed by atoms with Gasteiger partial charge in [-0.05, 0) is 29.2 Å². The molecule has 0 spiro atoms. The summed E-state index contributed by atoms with van der Waals surface area (Å²) in [6.07, 6.45) is 3.13. The van der Waals surface area contributed by atoms with Crippen LogP contribution in [0.2, 0.25) is 0 Å². The predicted octanol–water partition coefficient (Wildman–Crippen LogP) is 1.85. The Hall–Kier alpha value is -2.71. The van der Waals surface area contributed by atoms with E-state index in [-0.39, 0.29) is 17.1 Å². The Morgan fingerprint density at radius 2 is 2.05 bits per heavy atom. The first kappa shape index (κ1) is 15.7. The molecule has 0 saturated carbocycles. The van der Waals surface area contributed by atoms with Gasteiger partial charge in [-0.1, -0.05) is 6.42 Å². The number of benzene rings is 1. The number of hydrogen-bond donors (Lipinski definition) is 2. The second-order valence-corrected chi connectivity index (χ2v) is 4.76. The summed E-state index contributed by atoms with van der Waals surface area (Å²) >= 11 is 0. The summed E-state index contributed by atoms with van der Waals surface area (Å²) < 4.78 is 4.59. The Morgan fingerprint density at radius 3 is 2.77 bits per heavy atom. The van der Waals surface area contributed by atoms with Crippen molar-refractivity contribution in [3.63, 3.8) is 0 Å². The number of fused-ring (bicyclic) bond motifs is 1. The van der Waals surface area contributed by atoms with Crippen LogP contribution in [0.3, 0.4) is 0 Å². The molecular weight excluding hydrogens is 290 g/mol. The third-order valence-corrected chi connectivity index (χ3v) is 3.27. The van der Waals surface area contributed by atoms with E-state index in [1.165, 1.54) is 6.07 Å². The smallest absolute Gasteiger partial charge is 0.300 e. The molecule has 1 amide bonds. The maximum atomic E-state index is 11.1. The molecule has 0 fully saturated rings. The van der Waals surface area contributed by atoms with Crippen molar-refractivity contribution in [1.29, 1.82) is 0 Å². The largest absolute Gasteiger partial charge is 0.383 e. The van der Waals surface area contributed by atoms with Crippen molar-refractivity contribution >= 4 is 28.3 Å². The lowest BCUT2D eigenvalue weighted by Gasteiger charge is -2.06. The molecule has 1 heterocycles. The molecule has 1 aromatic heterocycles. The van der Waals surface area contributed by atoms with Crippen molar-refractivity contribution in [1.82, 2.24) is 15.6 Å². The SMILES string of the molecule is CNC(=O)CCCCCNc1ccc([N+](=O)[O-])c2nonc12. The number of amides is 1. The highest BCUT2D eigenvalue weighted by Gasteiger charge is 2.19. The number of hydrogen-bond acceptors (Lipinski definition) is 7. The fraction of sp³-hybridized carbons (Fsp3) is 0.462. The van der Waals surface area contributed by atoms with Crippen LogP contribution in [-0.2, 0) is 4.79 Å². The van der Waals surface area contributed by atoms with E-state index in [2.05, 4.69) is 25.6 Å². The molecule has 0 aliphatic rings. The Kier molecular flexibility index (Phi) is 5.23. The van der Waals surface area contributed by atoms with Gasteiger partial charge in [0.2, 0.25) is 11.4 Å². The number of nitro benzene ring substituents is 1. The molecule has 0 atom stereocenters. The molecule has 9 heteroatoms. The highest BCUT2D eigenvalue weighted by Crippen LogP contribution is 2.28. The van der Waals surface area contributed by atoms with E-state index >= 15 is 0 Å². The lowest BCUT2D eigenvalue weighted by molar-refractivity contribution is -0.383. The fourth-order valence-corrected chi connectivity index (χ4v) is 2.08. The van der Waals surface area contributed by atoms with E-state index in [4.69, 9.17) is 0 Å². The molecular formula is C13H17N5O4. The molecule has 0 radical (unpaired) electrons. The van der Waals surface area contributed by atoms with Gasteiger partial charge in [-0.15, -0.1) is 0 Å². The third-order valence-electron chi connectivity index (χ3n) is 3.27. The second kappa shape index (κ2) is 7.34. The van der Waals surface area contributed by atoms with Gasteiger partial charge in [0.25, 0.3) is 0 Å². The maximum absolute atomic E-state index is 11.1. The molecule has 0 bridgehead atoms. The summed E-state index contributed by atoms with van der Waals surface area (Å²) in [5.74, 6) is 0.0405. The van der Waals surface area contributed by atoms with Crippen LogP contribution in [0.5, 0.6) is 0 Å². The zero-order valence-electron chi connectivity index (χ0n) is 12.2. The van der Waals surface area contributed by atoms with Gasteiger partial charge in [0, 0.05) is 26.1 Å². The number of carbonyl (C=O) groups excluding carboxylic acids is 1. The van der Waals surface area contributed by atoms with Crippen LogP contribution >= 0.6 is 0 Å². The minimum Gasteiger partial charge on any atom is -0.383 e. The van der Waals surface area contributed by atoms with E-state index in [0.717, 1.165) is 19.3 Å². The molecule has 0 unspecified atom stereocenters. The zero-order valence-corrected chi connectivity index (χ0v) is 12.2. The molecule has 2 aromatic rings. The normalized spacial score (nSPS) is 10.6. The van der Waals surface area contributed by atoms with E-state index in [9.17, 15) is 14.9 Å². The summed E-state index contributed by atoms with van der Waals surface area (Å²) in [5, 5.41) is 23.9. The van der Waals surface area contributed by atoms with Crippen molar-refractivity contribution in [2.45, 2.75) is 25.7 Å². The molecule has 9 nitrogen and oxygen atoms in total. The number of aromatic nitrogens is 2. The number of unbranched alkanes of at least 4 members (excludes halogenated alkanes) is 2. The predicted molar refractivity (Wildman–Crippen MR) is 79.5 cm³/mol. The van der Waals surface area contributed by atoms with Gasteiger partial charge in [-0.3, -0.25) is 14.9 Å². The van der Waals surface area contributed by atoms with Crippen LogP contribution in [0.1, 0.15) is 25.7 Å². The van der Waals surface area contributed by atoms with Crippen molar-refractivity contribution in [2.75, 3.05) is 18.9 Å². The lowest BCUT2D eigenvalue weighted by Crippen LogP contribution is -2.17. The number of non-ortho nitro benzene ring substituents is 1. The van der Waals surface area contributed by atoms with E-state index < -0.39 is 4.92 Å². The first-order valence-electron chi connectivity index (χ1n) is 6.97. The number of carbonyl (C=O) groups is 1. The molecule has 2 N–H and O–H groups in total. The number of anilines is 1. The van der Waals surface area contributed by atoms with Crippen molar-refractivity contribution in [3.8, 4) is 0 Å². The molecule has 118 valence electrons. The molecule has 22 heavy (non-hydrogen) atoms. The quantitative estimate of drug-likeness (QED) is 0.433. The first-order chi connectivity index (χ1) is 10.6. The summed E-state index contributed by atoms with van der Waals surface area (Å²) in [6.45, 7) is 0.674. The van der Waals surface area contributed by atoms with Gasteiger partial charge in [0.05, 0.1) is 10.6 Å². The number of rotatable bonds is 8. The Morgan fingerprint density at radius 1 is 1.27 bits per heavy atom. The van der Waals surface area contributed by atoms with Crippen LogP contribution in [0.15, 0.2) is 16.8 Å². The van der Waals surface area contributed by atoms with Crippen molar-refractivity contribution in [2.24, 2.45) is 0 Å². The number of nitrogens with one attached hydrogen (secondary N) is 2. The Labute approximate surface area is 126 Å². The molecule has 0 saturated heterocycles. The topological polar surface area (TPSA) is 123 Å². The van der Waals surface area contributed by atoms with Gasteiger partial charge in [-0.2, -0.15) is 0 Å². The third kappa shape index (κ3) is 3.68. The van der Waals surface area contributed by atoms with Crippen LogP contribution in [0.25, 0.3) is 11.0 Å². The fourth-order valence-electron chi connectivity index (χ4n) is 2.08. The van der Waals surface area contributed by atoms with Crippen LogP contribution in [0, 0.1) is 10.1 Å². The van der Waals surface area contributed by atoms with Gasteiger partial charge in [-0.25, -0.2) is 4.63 Å². The zero-order chi connectivity index (χ0) is 15.9. The van der Waals surface area contributed by atoms with Gasteiger partial charge < -0.3 is 10.6 Å². The minimum atomic E-state index is -0.519. The van der Waals surface area contributed by atoms with E-state index in [1.54, 1.807) is 13.1 Å². The average Bonchev–Trinajstić information content (AvgIpc) is 2.99. The number of nitrogens with zero attached hydrogens (tertiary/aromatic N) is 3. The van der Waals surface area contributed by atoms with Gasteiger partial charge in [0.1, 0.15) is 0 Å². The second-order valence-electron chi connectivity index (χ2n) is 4.76. The van der Waals surface area contributed by atoms with Crippen molar-refractivity contribution < 1.29 is 14.3 Å².